The molecule has 1 unspecified atom stereocenters. The van der Waals surface area contributed by atoms with Gasteiger partial charge in [-0.15, -0.1) is 11.3 Å². The van der Waals surface area contributed by atoms with Gasteiger partial charge in [0.25, 0.3) is 0 Å². The number of ether oxygens (including phenoxy) is 1. The van der Waals surface area contributed by atoms with Gasteiger partial charge in [0, 0.05) is 72.7 Å². The summed E-state index contributed by atoms with van der Waals surface area (Å²) in [5.41, 5.74) is 3.64. The van der Waals surface area contributed by atoms with E-state index in [0.29, 0.717) is 22.0 Å². The van der Waals surface area contributed by atoms with Crippen LogP contribution in [0.2, 0.25) is 0 Å². The fraction of sp³-hybridized carbons (Fsp3) is 0.281. The summed E-state index contributed by atoms with van der Waals surface area (Å²) in [6.45, 7) is 3.63. The van der Waals surface area contributed by atoms with Crippen LogP contribution in [0, 0.1) is 5.82 Å². The lowest BCUT2D eigenvalue weighted by molar-refractivity contribution is -0.121. The molecular formula is C32H34FN5O5S. The van der Waals surface area contributed by atoms with Gasteiger partial charge in [0.2, 0.25) is 5.91 Å². The molecule has 1 saturated heterocycles. The number of piperazine rings is 1. The van der Waals surface area contributed by atoms with Crippen LogP contribution in [0.3, 0.4) is 0 Å². The number of hydrogen-bond donors (Lipinski definition) is 4. The molecule has 1 fully saturated rings. The van der Waals surface area contributed by atoms with E-state index in [0.717, 1.165) is 61.4 Å². The summed E-state index contributed by atoms with van der Waals surface area (Å²) < 4.78 is 20.2. The molecule has 4 N–H and O–H groups in total. The lowest BCUT2D eigenvalue weighted by atomic mass is 9.97. The minimum Gasteiger partial charge on any atom is -0.508 e. The number of aromatic hydroxyl groups is 1. The summed E-state index contributed by atoms with van der Waals surface area (Å²) in [6, 6.07) is 13.7. The third kappa shape index (κ3) is 7.22. The molecule has 2 heterocycles. The minimum absolute atomic E-state index is 0.0843. The van der Waals surface area contributed by atoms with Gasteiger partial charge in [-0.1, -0.05) is 12.1 Å². The molecule has 0 radical (unpaired) electrons. The third-order valence-electron chi connectivity index (χ3n) is 7.44. The zero-order valence-corrected chi connectivity index (χ0v) is 25.0. The van der Waals surface area contributed by atoms with Crippen LogP contribution >= 0.6 is 11.3 Å². The number of halogens is 1. The van der Waals surface area contributed by atoms with Crippen molar-refractivity contribution in [2.45, 2.75) is 12.6 Å². The number of amides is 1. The summed E-state index contributed by atoms with van der Waals surface area (Å²) in [5, 5.41) is 28.1. The number of benzene rings is 3. The SMILES string of the molecule is CN(Cc1ccc(-c2ccc(N3CCNCC3)cc2OCCO)cc1C=O)C(C(=O)Nc1nccs1)c1cc(F)ccc1O. The lowest BCUT2D eigenvalue weighted by Gasteiger charge is -2.30. The molecule has 5 rings (SSSR count). The van der Waals surface area contributed by atoms with E-state index in [9.17, 15) is 24.2 Å². The zero-order valence-electron chi connectivity index (χ0n) is 24.2. The Hall–Kier alpha value is -4.36. The first-order valence-corrected chi connectivity index (χ1v) is 15.1. The maximum absolute atomic E-state index is 14.3. The molecule has 0 saturated carbocycles. The van der Waals surface area contributed by atoms with E-state index in [1.807, 2.05) is 24.3 Å². The van der Waals surface area contributed by atoms with Crippen LogP contribution in [0.5, 0.6) is 11.5 Å². The number of anilines is 2. The van der Waals surface area contributed by atoms with Gasteiger partial charge in [0.05, 0.1) is 6.61 Å². The van der Waals surface area contributed by atoms with Gasteiger partial charge >= 0.3 is 0 Å². The van der Waals surface area contributed by atoms with E-state index >= 15 is 0 Å². The average Bonchev–Trinajstić information content (AvgIpc) is 3.55. The highest BCUT2D eigenvalue weighted by Crippen LogP contribution is 2.36. The molecule has 3 aromatic carbocycles. The lowest BCUT2D eigenvalue weighted by Crippen LogP contribution is -2.43. The highest BCUT2D eigenvalue weighted by molar-refractivity contribution is 7.13. The first kappa shape index (κ1) is 31.1. The minimum atomic E-state index is -1.09. The highest BCUT2D eigenvalue weighted by Gasteiger charge is 2.29. The number of aliphatic hydroxyl groups is 1. The van der Waals surface area contributed by atoms with Crippen molar-refractivity contribution in [2.75, 3.05) is 56.7 Å². The van der Waals surface area contributed by atoms with Crippen molar-refractivity contribution in [3.05, 3.63) is 88.7 Å². The molecule has 1 amide bonds. The number of phenols is 1. The zero-order chi connectivity index (χ0) is 31.1. The number of nitrogens with one attached hydrogen (secondary N) is 2. The second kappa shape index (κ2) is 14.4. The van der Waals surface area contributed by atoms with Gasteiger partial charge < -0.3 is 30.5 Å². The van der Waals surface area contributed by atoms with Crippen LogP contribution in [-0.4, -0.2) is 78.7 Å². The third-order valence-corrected chi connectivity index (χ3v) is 8.12. The Morgan fingerprint density at radius 2 is 2.02 bits per heavy atom. The van der Waals surface area contributed by atoms with Crippen molar-refractivity contribution in [2.24, 2.45) is 0 Å². The Morgan fingerprint density at radius 1 is 1.20 bits per heavy atom. The molecular weight excluding hydrogens is 585 g/mol. The van der Waals surface area contributed by atoms with E-state index in [2.05, 4.69) is 20.5 Å². The van der Waals surface area contributed by atoms with Gasteiger partial charge in [0.1, 0.15) is 36.3 Å². The molecule has 1 atom stereocenters. The van der Waals surface area contributed by atoms with Crippen LogP contribution in [0.1, 0.15) is 27.5 Å². The summed E-state index contributed by atoms with van der Waals surface area (Å²) in [7, 11) is 1.66. The van der Waals surface area contributed by atoms with Crippen LogP contribution in [0.25, 0.3) is 11.1 Å². The number of hydrogen-bond acceptors (Lipinski definition) is 10. The second-order valence-electron chi connectivity index (χ2n) is 10.4. The Bertz CT molecular complexity index is 1600. The first-order valence-electron chi connectivity index (χ1n) is 14.2. The normalized spacial score (nSPS) is 14.0. The summed E-state index contributed by atoms with van der Waals surface area (Å²) in [6.07, 6.45) is 2.30. The summed E-state index contributed by atoms with van der Waals surface area (Å²) >= 11 is 1.23. The number of aliphatic hydroxyl groups excluding tert-OH is 1. The van der Waals surface area contributed by atoms with Crippen molar-refractivity contribution < 1.29 is 28.9 Å². The quantitative estimate of drug-likeness (QED) is 0.174. The number of aldehydes is 1. The number of carbonyl (C=O) groups excluding carboxylic acids is 2. The van der Waals surface area contributed by atoms with E-state index in [1.165, 1.54) is 17.4 Å². The van der Waals surface area contributed by atoms with Crippen molar-refractivity contribution in [3.8, 4) is 22.6 Å². The first-order chi connectivity index (χ1) is 21.4. The summed E-state index contributed by atoms with van der Waals surface area (Å²) in [4.78, 5) is 33.8. The number of aromatic nitrogens is 1. The standard InChI is InChI=1S/C32H34FN5O5S/c1-37(30(27-17-24(33)4-7-28(27)41)31(42)36-32-35-10-15-44-32)19-22-3-2-21(16-23(22)20-40)26-6-5-25(18-29(26)43-14-13-39)38-11-8-34-9-12-38/h2-7,10,15-18,20,30,34,39,41H,8-9,11-14,19H2,1H3,(H,35,36,42). The Labute approximate surface area is 258 Å². The molecule has 10 nitrogen and oxygen atoms in total. The smallest absolute Gasteiger partial charge is 0.248 e. The molecule has 230 valence electrons. The fourth-order valence-electron chi connectivity index (χ4n) is 5.30. The van der Waals surface area contributed by atoms with Crippen LogP contribution < -0.4 is 20.3 Å². The van der Waals surface area contributed by atoms with E-state index in [-0.39, 0.29) is 31.1 Å². The average molecular weight is 620 g/mol. The second-order valence-corrected chi connectivity index (χ2v) is 11.3. The van der Waals surface area contributed by atoms with Crippen LogP contribution in [0.4, 0.5) is 15.2 Å². The molecule has 1 aromatic heterocycles. The molecule has 1 aliphatic heterocycles. The van der Waals surface area contributed by atoms with Crippen LogP contribution in [0.15, 0.2) is 66.2 Å². The summed E-state index contributed by atoms with van der Waals surface area (Å²) in [5.74, 6) is -0.748. The monoisotopic (exact) mass is 619 g/mol. The number of likely N-dealkylation sites (N-methyl/N-ethyl adjacent to an activating group) is 1. The molecule has 12 heteroatoms. The molecule has 0 bridgehead atoms. The molecule has 4 aromatic rings. The van der Waals surface area contributed by atoms with E-state index < -0.39 is 17.8 Å². The predicted molar refractivity (Wildman–Crippen MR) is 168 cm³/mol. The number of phenolic OH excluding ortho intramolecular Hbond substituents is 1. The largest absolute Gasteiger partial charge is 0.508 e. The maximum atomic E-state index is 14.3. The number of rotatable bonds is 12. The Kier molecular flexibility index (Phi) is 10.2. The van der Waals surface area contributed by atoms with Gasteiger partial charge in [-0.05, 0) is 54.6 Å². The molecule has 0 aliphatic carbocycles. The number of thiazole rings is 1. The van der Waals surface area contributed by atoms with Crippen molar-refractivity contribution in [1.82, 2.24) is 15.2 Å². The van der Waals surface area contributed by atoms with Gasteiger partial charge in [-0.25, -0.2) is 9.37 Å². The molecule has 0 spiro atoms. The van der Waals surface area contributed by atoms with Crippen molar-refractivity contribution >= 4 is 34.3 Å². The van der Waals surface area contributed by atoms with Gasteiger partial charge in [-0.3, -0.25) is 14.5 Å². The number of nitrogens with zero attached hydrogens (tertiary/aromatic N) is 3. The van der Waals surface area contributed by atoms with Gasteiger partial charge in [0.15, 0.2) is 5.13 Å². The predicted octanol–water partition coefficient (Wildman–Crippen LogP) is 4.06. The van der Waals surface area contributed by atoms with E-state index in [1.54, 1.807) is 35.7 Å². The highest BCUT2D eigenvalue weighted by atomic mass is 32.1. The Balaban J connectivity index is 1.44. The maximum Gasteiger partial charge on any atom is 0.248 e. The van der Waals surface area contributed by atoms with Crippen molar-refractivity contribution in [1.29, 1.82) is 0 Å². The Morgan fingerprint density at radius 3 is 2.75 bits per heavy atom. The molecule has 44 heavy (non-hydrogen) atoms. The van der Waals surface area contributed by atoms with Gasteiger partial charge in [-0.2, -0.15) is 0 Å². The molecule has 1 aliphatic rings. The fourth-order valence-corrected chi connectivity index (χ4v) is 5.83. The topological polar surface area (TPSA) is 127 Å². The van der Waals surface area contributed by atoms with Crippen molar-refractivity contribution in [3.63, 3.8) is 0 Å². The van der Waals surface area contributed by atoms with Crippen LogP contribution in [-0.2, 0) is 11.3 Å². The number of carbonyl (C=O) groups is 2. The van der Waals surface area contributed by atoms with E-state index in [4.69, 9.17) is 4.74 Å².